The smallest absolute Gasteiger partial charge is 0.858 e. The number of rotatable bonds is 4. The fourth-order valence-electron chi connectivity index (χ4n) is 3.44. The molecule has 0 radical (unpaired) electrons. The first-order valence-electron chi connectivity index (χ1n) is 9.28. The number of para-hydroxylation sites is 1. The van der Waals surface area contributed by atoms with Gasteiger partial charge in [-0.25, -0.2) is 4.68 Å². The van der Waals surface area contributed by atoms with E-state index in [-0.39, 0.29) is 35.4 Å². The summed E-state index contributed by atoms with van der Waals surface area (Å²) in [4.78, 5) is 0. The van der Waals surface area contributed by atoms with Crippen LogP contribution in [0.2, 0.25) is 0 Å². The van der Waals surface area contributed by atoms with Crippen molar-refractivity contribution >= 4 is 11.1 Å². The summed E-state index contributed by atoms with van der Waals surface area (Å²) in [5, 5.41) is 27.8. The Bertz CT molecular complexity index is 1170. The molecule has 1 aromatic heterocycles. The topological polar surface area (TPSA) is 64.7 Å². The van der Waals surface area contributed by atoms with Crippen molar-refractivity contribution in [2.24, 2.45) is 0 Å². The number of aromatic nitrogens is 2. The van der Waals surface area contributed by atoms with Gasteiger partial charge in [-0.15, -0.1) is 0 Å². The molecule has 0 saturated heterocycles. The summed E-state index contributed by atoms with van der Waals surface area (Å²) in [5.41, 5.74) is 4.33. The van der Waals surface area contributed by atoms with Crippen LogP contribution < -0.4 is 34.7 Å². The minimum Gasteiger partial charge on any atom is -0.858 e. The molecule has 0 bridgehead atoms. The molecule has 0 unspecified atom stereocenters. The fourth-order valence-corrected chi connectivity index (χ4v) is 3.44. The van der Waals surface area contributed by atoms with Gasteiger partial charge in [0.15, 0.2) is 0 Å². The SMILES string of the molecule is Cc1nn(-c2ccccc2)c([O-])c1C(C#N)=C(c1ccccc1)c1ccccc1.[Na+]. The average Bonchev–Trinajstić information content (AvgIpc) is 3.07. The van der Waals surface area contributed by atoms with E-state index < -0.39 is 0 Å². The van der Waals surface area contributed by atoms with Gasteiger partial charge in [-0.05, 0) is 30.2 Å². The molecule has 0 N–H and O–H groups in total. The quantitative estimate of drug-likeness (QED) is 0.388. The Morgan fingerprint density at radius 3 is 1.77 bits per heavy atom. The Labute approximate surface area is 198 Å². The molecular formula is C25H18N3NaO. The van der Waals surface area contributed by atoms with Gasteiger partial charge < -0.3 is 5.11 Å². The third kappa shape index (κ3) is 4.10. The first-order chi connectivity index (χ1) is 14.2. The minimum absolute atomic E-state index is 0. The summed E-state index contributed by atoms with van der Waals surface area (Å²) >= 11 is 0. The predicted octanol–water partition coefficient (Wildman–Crippen LogP) is 1.74. The van der Waals surface area contributed by atoms with E-state index in [0.29, 0.717) is 22.5 Å². The Balaban J connectivity index is 0.00000256. The van der Waals surface area contributed by atoms with Crippen molar-refractivity contribution in [3.05, 3.63) is 113 Å². The molecule has 0 fully saturated rings. The number of hydrogen-bond donors (Lipinski definition) is 0. The first kappa shape index (κ1) is 21.6. The molecule has 1 heterocycles. The van der Waals surface area contributed by atoms with Crippen molar-refractivity contribution in [2.75, 3.05) is 0 Å². The van der Waals surface area contributed by atoms with Gasteiger partial charge in [-0.1, -0.05) is 78.9 Å². The van der Waals surface area contributed by atoms with Crippen LogP contribution in [-0.2, 0) is 0 Å². The van der Waals surface area contributed by atoms with E-state index in [1.807, 2.05) is 91.0 Å². The van der Waals surface area contributed by atoms with Crippen molar-refractivity contribution in [1.82, 2.24) is 9.78 Å². The van der Waals surface area contributed by atoms with E-state index in [4.69, 9.17) is 0 Å². The van der Waals surface area contributed by atoms with Crippen molar-refractivity contribution in [3.8, 4) is 17.6 Å². The summed E-state index contributed by atoms with van der Waals surface area (Å²) < 4.78 is 1.36. The Kier molecular flexibility index (Phi) is 6.91. The third-order valence-corrected chi connectivity index (χ3v) is 4.76. The Morgan fingerprint density at radius 2 is 1.30 bits per heavy atom. The molecular weight excluding hydrogens is 381 g/mol. The standard InChI is InChI=1S/C25H19N3O.Na/c1-18-23(25(29)28(27-18)21-15-9-4-10-16-21)22(17-26)24(19-11-5-2-6-12-19)20-13-7-3-8-14-20;/h2-16,29H,1H3;/q;+1/p-1. The van der Waals surface area contributed by atoms with Gasteiger partial charge in [0.2, 0.25) is 0 Å². The Morgan fingerprint density at radius 1 is 0.833 bits per heavy atom. The monoisotopic (exact) mass is 399 g/mol. The molecule has 0 saturated carbocycles. The number of hydrogen-bond acceptors (Lipinski definition) is 3. The van der Waals surface area contributed by atoms with Crippen LogP contribution >= 0.6 is 0 Å². The second-order valence-corrected chi connectivity index (χ2v) is 6.61. The van der Waals surface area contributed by atoms with Gasteiger partial charge >= 0.3 is 29.6 Å². The molecule has 4 nitrogen and oxygen atoms in total. The Hall–Kier alpha value is -3.10. The molecule has 0 aliphatic heterocycles. The number of nitriles is 1. The van der Waals surface area contributed by atoms with Gasteiger partial charge in [0, 0.05) is 17.0 Å². The summed E-state index contributed by atoms with van der Waals surface area (Å²) in [5.74, 6) is -0.297. The molecule has 140 valence electrons. The van der Waals surface area contributed by atoms with E-state index in [0.717, 1.165) is 16.7 Å². The van der Waals surface area contributed by atoms with Crippen LogP contribution in [0.1, 0.15) is 22.4 Å². The summed E-state index contributed by atoms with van der Waals surface area (Å²) in [6.45, 7) is 1.76. The van der Waals surface area contributed by atoms with Crippen molar-refractivity contribution in [1.29, 1.82) is 5.26 Å². The van der Waals surface area contributed by atoms with E-state index >= 15 is 0 Å². The molecule has 3 aromatic carbocycles. The fraction of sp³-hybridized carbons (Fsp3) is 0.0400. The number of aryl methyl sites for hydroxylation is 1. The zero-order valence-corrected chi connectivity index (χ0v) is 18.9. The molecule has 30 heavy (non-hydrogen) atoms. The summed E-state index contributed by atoms with van der Waals surface area (Å²) in [6, 6.07) is 30.8. The normalized spacial score (nSPS) is 10.0. The van der Waals surface area contributed by atoms with E-state index in [2.05, 4.69) is 11.2 Å². The van der Waals surface area contributed by atoms with Crippen LogP contribution in [0.15, 0.2) is 91.0 Å². The molecule has 0 amide bonds. The second-order valence-electron chi connectivity index (χ2n) is 6.61. The maximum atomic E-state index is 13.3. The average molecular weight is 399 g/mol. The number of nitrogens with zero attached hydrogens (tertiary/aromatic N) is 3. The van der Waals surface area contributed by atoms with Crippen LogP contribution in [0.4, 0.5) is 0 Å². The van der Waals surface area contributed by atoms with Crippen LogP contribution in [-0.4, -0.2) is 9.78 Å². The third-order valence-electron chi connectivity index (χ3n) is 4.76. The van der Waals surface area contributed by atoms with Crippen LogP contribution in [0, 0.1) is 18.3 Å². The second kappa shape index (κ2) is 9.60. The maximum Gasteiger partial charge on any atom is 1.00 e. The largest absolute Gasteiger partial charge is 1.00 e. The van der Waals surface area contributed by atoms with Crippen molar-refractivity contribution in [3.63, 3.8) is 0 Å². The molecule has 0 spiro atoms. The van der Waals surface area contributed by atoms with Gasteiger partial charge in [0.25, 0.3) is 0 Å². The molecule has 0 atom stereocenters. The van der Waals surface area contributed by atoms with E-state index in [1.54, 1.807) is 6.92 Å². The van der Waals surface area contributed by atoms with Crippen LogP contribution in [0.3, 0.4) is 0 Å². The number of benzene rings is 3. The molecule has 4 aromatic rings. The van der Waals surface area contributed by atoms with Crippen molar-refractivity contribution < 1.29 is 34.7 Å². The summed E-state index contributed by atoms with van der Waals surface area (Å²) in [6.07, 6.45) is 0. The first-order valence-corrected chi connectivity index (χ1v) is 9.28. The summed E-state index contributed by atoms with van der Waals surface area (Å²) in [7, 11) is 0. The van der Waals surface area contributed by atoms with Gasteiger partial charge in [-0.2, -0.15) is 10.4 Å². The van der Waals surface area contributed by atoms with Crippen LogP contribution in [0.5, 0.6) is 5.88 Å². The minimum atomic E-state index is -0.297. The van der Waals surface area contributed by atoms with Crippen LogP contribution in [0.25, 0.3) is 16.8 Å². The zero-order valence-electron chi connectivity index (χ0n) is 16.9. The molecule has 0 aliphatic rings. The molecule has 4 rings (SSSR count). The molecule has 5 heteroatoms. The van der Waals surface area contributed by atoms with Gasteiger partial charge in [0.05, 0.1) is 17.0 Å². The van der Waals surface area contributed by atoms with E-state index in [1.165, 1.54) is 4.68 Å². The van der Waals surface area contributed by atoms with Gasteiger partial charge in [0.1, 0.15) is 6.07 Å². The maximum absolute atomic E-state index is 13.3. The number of allylic oxidation sites excluding steroid dienone is 1. The van der Waals surface area contributed by atoms with Gasteiger partial charge in [-0.3, -0.25) is 0 Å². The van der Waals surface area contributed by atoms with Crippen molar-refractivity contribution in [2.45, 2.75) is 6.92 Å². The zero-order chi connectivity index (χ0) is 20.2. The van der Waals surface area contributed by atoms with E-state index in [9.17, 15) is 10.4 Å². The predicted molar refractivity (Wildman–Crippen MR) is 112 cm³/mol. The molecule has 0 aliphatic carbocycles.